The summed E-state index contributed by atoms with van der Waals surface area (Å²) in [6.45, 7) is 6.11. The Morgan fingerprint density at radius 1 is 1.09 bits per heavy atom. The van der Waals surface area contributed by atoms with E-state index in [1.54, 1.807) is 18.9 Å². The van der Waals surface area contributed by atoms with Crippen LogP contribution in [0.4, 0.5) is 4.79 Å². The van der Waals surface area contributed by atoms with Gasteiger partial charge in [-0.1, -0.05) is 18.2 Å². The molecule has 0 spiro atoms. The van der Waals surface area contributed by atoms with E-state index < -0.39 is 11.9 Å². The zero-order valence-corrected chi connectivity index (χ0v) is 20.3. The number of aliphatic carboxylic acids is 1. The molecule has 2 aromatic rings. The van der Waals surface area contributed by atoms with Crippen molar-refractivity contribution in [2.24, 2.45) is 5.92 Å². The van der Waals surface area contributed by atoms with E-state index in [-0.39, 0.29) is 24.8 Å². The Morgan fingerprint density at radius 2 is 1.80 bits per heavy atom. The van der Waals surface area contributed by atoms with Crippen molar-refractivity contribution in [3.8, 4) is 17.2 Å². The van der Waals surface area contributed by atoms with Crippen molar-refractivity contribution in [2.75, 3.05) is 46.7 Å². The Kier molecular flexibility index (Phi) is 7.65. The fraction of sp³-hybridized carbons (Fsp3) is 0.462. The number of hydrogen-bond donors (Lipinski definition) is 1. The van der Waals surface area contributed by atoms with E-state index in [1.807, 2.05) is 49.4 Å². The van der Waals surface area contributed by atoms with Crippen molar-refractivity contribution in [3.05, 3.63) is 53.6 Å². The maximum absolute atomic E-state index is 12.7. The predicted molar refractivity (Wildman–Crippen MR) is 128 cm³/mol. The van der Waals surface area contributed by atoms with E-state index in [1.165, 1.54) is 0 Å². The average Bonchev–Trinajstić information content (AvgIpc) is 3.49. The third-order valence-corrected chi connectivity index (χ3v) is 6.73. The zero-order chi connectivity index (χ0) is 24.9. The van der Waals surface area contributed by atoms with Crippen molar-refractivity contribution in [1.82, 2.24) is 9.80 Å². The number of likely N-dealkylation sites (N-methyl/N-ethyl adjacent to an activating group) is 1. The molecule has 1 fully saturated rings. The molecule has 0 aromatic heterocycles. The van der Waals surface area contributed by atoms with Crippen LogP contribution in [0.15, 0.2) is 42.5 Å². The monoisotopic (exact) mass is 484 g/mol. The number of amides is 1. The Hall–Kier alpha value is -3.46. The third-order valence-electron chi connectivity index (χ3n) is 6.73. The minimum atomic E-state index is -0.867. The molecule has 188 valence electrons. The van der Waals surface area contributed by atoms with Gasteiger partial charge in [0, 0.05) is 38.1 Å². The number of benzene rings is 2. The highest BCUT2D eigenvalue weighted by Crippen LogP contribution is 2.47. The lowest BCUT2D eigenvalue weighted by Crippen LogP contribution is -2.39. The van der Waals surface area contributed by atoms with Crippen molar-refractivity contribution in [1.29, 1.82) is 0 Å². The number of carbonyl (C=O) groups excluding carboxylic acids is 1. The number of hydrogen-bond acceptors (Lipinski definition) is 7. The smallest absolute Gasteiger partial charge is 0.409 e. The van der Waals surface area contributed by atoms with E-state index in [0.717, 1.165) is 11.1 Å². The Morgan fingerprint density at radius 3 is 2.46 bits per heavy atom. The topological polar surface area (TPSA) is 97.8 Å². The van der Waals surface area contributed by atoms with Gasteiger partial charge in [0.1, 0.15) is 5.75 Å². The molecule has 0 aliphatic carbocycles. The van der Waals surface area contributed by atoms with Gasteiger partial charge in [0.15, 0.2) is 11.5 Å². The first kappa shape index (κ1) is 24.7. The molecule has 3 unspecified atom stereocenters. The number of nitrogens with zero attached hydrogens (tertiary/aromatic N) is 2. The highest BCUT2D eigenvalue weighted by molar-refractivity contribution is 5.74. The summed E-state index contributed by atoms with van der Waals surface area (Å²) < 4.78 is 21.4. The molecule has 1 N–H and O–H groups in total. The quantitative estimate of drug-likeness (QED) is 0.575. The van der Waals surface area contributed by atoms with E-state index in [0.29, 0.717) is 50.0 Å². The van der Waals surface area contributed by atoms with Crippen LogP contribution in [-0.2, 0) is 9.53 Å². The maximum atomic E-state index is 12.7. The van der Waals surface area contributed by atoms with Crippen molar-refractivity contribution >= 4 is 12.1 Å². The van der Waals surface area contributed by atoms with Gasteiger partial charge in [-0.2, -0.15) is 0 Å². The first-order valence-electron chi connectivity index (χ1n) is 11.9. The molecule has 2 aromatic carbocycles. The van der Waals surface area contributed by atoms with Crippen LogP contribution in [0.2, 0.25) is 0 Å². The largest absolute Gasteiger partial charge is 0.497 e. The van der Waals surface area contributed by atoms with E-state index in [4.69, 9.17) is 18.9 Å². The standard InChI is InChI=1S/C26H32N2O7/c1-4-27(26(31)33-5-2)12-13-28-15-20(18-8-11-21-22(14-18)35-16-34-21)23(25(29)30)24(28)17-6-9-19(32-3)10-7-17/h6-11,14,20,23-24H,4-5,12-13,15-16H2,1-3H3,(H,29,30). The SMILES string of the molecule is CCOC(=O)N(CC)CCN1CC(c2ccc3c(c2)OCO3)C(C(=O)O)C1c1ccc(OC)cc1. The fourth-order valence-corrected chi connectivity index (χ4v) is 4.98. The molecule has 0 bridgehead atoms. The second-order valence-corrected chi connectivity index (χ2v) is 8.57. The first-order valence-corrected chi connectivity index (χ1v) is 11.9. The van der Waals surface area contributed by atoms with Gasteiger partial charge >= 0.3 is 12.1 Å². The number of carbonyl (C=O) groups is 2. The third kappa shape index (κ3) is 5.14. The Labute approximate surface area is 205 Å². The number of carboxylic acids is 1. The summed E-state index contributed by atoms with van der Waals surface area (Å²) in [5.74, 6) is 0.166. The molecular formula is C26H32N2O7. The number of carboxylic acid groups (broad SMARTS) is 1. The van der Waals surface area contributed by atoms with Gasteiger partial charge in [-0.05, 0) is 49.2 Å². The molecule has 4 rings (SSSR count). The van der Waals surface area contributed by atoms with Crippen LogP contribution in [0, 0.1) is 5.92 Å². The minimum absolute atomic E-state index is 0.160. The molecule has 0 radical (unpaired) electrons. The van der Waals surface area contributed by atoms with Crippen LogP contribution >= 0.6 is 0 Å². The van der Waals surface area contributed by atoms with Crippen molar-refractivity contribution in [2.45, 2.75) is 25.8 Å². The molecule has 1 amide bonds. The number of fused-ring (bicyclic) bond motifs is 1. The second kappa shape index (κ2) is 10.9. The van der Waals surface area contributed by atoms with Crippen LogP contribution < -0.4 is 14.2 Å². The van der Waals surface area contributed by atoms with Gasteiger partial charge in [-0.15, -0.1) is 0 Å². The van der Waals surface area contributed by atoms with Gasteiger partial charge in [0.2, 0.25) is 6.79 Å². The molecule has 2 aliphatic heterocycles. The first-order chi connectivity index (χ1) is 17.0. The van der Waals surface area contributed by atoms with Crippen molar-refractivity contribution in [3.63, 3.8) is 0 Å². The fourth-order valence-electron chi connectivity index (χ4n) is 4.98. The van der Waals surface area contributed by atoms with Crippen molar-refractivity contribution < 1.29 is 33.6 Å². The summed E-state index contributed by atoms with van der Waals surface area (Å²) in [4.78, 5) is 28.8. The highest BCUT2D eigenvalue weighted by Gasteiger charge is 2.47. The average molecular weight is 485 g/mol. The summed E-state index contributed by atoms with van der Waals surface area (Å²) in [5.41, 5.74) is 1.78. The molecule has 1 saturated heterocycles. The van der Waals surface area contributed by atoms with Crippen LogP contribution in [0.1, 0.15) is 36.9 Å². The Balaban J connectivity index is 1.66. The van der Waals surface area contributed by atoms with Gasteiger partial charge < -0.3 is 29.0 Å². The number of likely N-dealkylation sites (tertiary alicyclic amines) is 1. The summed E-state index contributed by atoms with van der Waals surface area (Å²) in [6, 6.07) is 12.8. The zero-order valence-electron chi connectivity index (χ0n) is 20.3. The van der Waals surface area contributed by atoms with E-state index in [2.05, 4.69) is 4.90 Å². The minimum Gasteiger partial charge on any atom is -0.497 e. The summed E-state index contributed by atoms with van der Waals surface area (Å²) in [6.07, 6.45) is -0.364. The number of ether oxygens (including phenoxy) is 4. The summed E-state index contributed by atoms with van der Waals surface area (Å²) >= 11 is 0. The van der Waals surface area contributed by atoms with Crippen LogP contribution in [-0.4, -0.2) is 73.7 Å². The van der Waals surface area contributed by atoms with Crippen LogP contribution in [0.25, 0.3) is 0 Å². The van der Waals surface area contributed by atoms with Crippen LogP contribution in [0.5, 0.6) is 17.2 Å². The number of methoxy groups -OCH3 is 1. The summed E-state index contributed by atoms with van der Waals surface area (Å²) in [7, 11) is 1.60. The van der Waals surface area contributed by atoms with Crippen LogP contribution in [0.3, 0.4) is 0 Å². The van der Waals surface area contributed by atoms with Gasteiger partial charge in [-0.3, -0.25) is 9.69 Å². The summed E-state index contributed by atoms with van der Waals surface area (Å²) in [5, 5.41) is 10.4. The van der Waals surface area contributed by atoms with E-state index >= 15 is 0 Å². The molecule has 9 heteroatoms. The van der Waals surface area contributed by atoms with Gasteiger partial charge in [0.05, 0.1) is 19.6 Å². The number of rotatable bonds is 9. The molecule has 3 atom stereocenters. The maximum Gasteiger partial charge on any atom is 0.409 e. The molecule has 0 saturated carbocycles. The lowest BCUT2D eigenvalue weighted by Gasteiger charge is -2.29. The predicted octanol–water partition coefficient (Wildman–Crippen LogP) is 3.74. The lowest BCUT2D eigenvalue weighted by atomic mass is 9.82. The normalized spacial score (nSPS) is 21.1. The van der Waals surface area contributed by atoms with Gasteiger partial charge in [-0.25, -0.2) is 4.79 Å². The highest BCUT2D eigenvalue weighted by atomic mass is 16.7. The molecule has 2 heterocycles. The Bertz CT molecular complexity index is 1040. The molecule has 35 heavy (non-hydrogen) atoms. The second-order valence-electron chi connectivity index (χ2n) is 8.57. The molecular weight excluding hydrogens is 452 g/mol. The van der Waals surface area contributed by atoms with E-state index in [9.17, 15) is 14.7 Å². The molecule has 9 nitrogen and oxygen atoms in total. The van der Waals surface area contributed by atoms with Gasteiger partial charge in [0.25, 0.3) is 0 Å². The lowest BCUT2D eigenvalue weighted by molar-refractivity contribution is -0.143. The molecule has 2 aliphatic rings.